The van der Waals surface area contributed by atoms with E-state index in [2.05, 4.69) is 16.7 Å². The normalized spacial score (nSPS) is 15.2. The highest BCUT2D eigenvalue weighted by Crippen LogP contribution is 2.28. The highest BCUT2D eigenvalue weighted by atomic mass is 16.6. The predicted molar refractivity (Wildman–Crippen MR) is 98.4 cm³/mol. The maximum Gasteiger partial charge on any atom is 0.292 e. The van der Waals surface area contributed by atoms with Crippen LogP contribution in [0.3, 0.4) is 0 Å². The van der Waals surface area contributed by atoms with Crippen LogP contribution in [0.15, 0.2) is 48.5 Å². The molecule has 0 atom stereocenters. The number of aryl methyl sites for hydroxylation is 1. The number of para-hydroxylation sites is 2. The number of hydrogen-bond donors (Lipinski definition) is 0. The molecule has 0 amide bonds. The smallest absolute Gasteiger partial charge is 0.292 e. The third-order valence-electron chi connectivity index (χ3n) is 4.49. The third kappa shape index (κ3) is 4.48. The minimum atomic E-state index is -0.308. The molecule has 6 nitrogen and oxygen atoms in total. The van der Waals surface area contributed by atoms with E-state index >= 15 is 0 Å². The van der Waals surface area contributed by atoms with Crippen molar-refractivity contribution in [3.8, 4) is 5.75 Å². The zero-order valence-corrected chi connectivity index (χ0v) is 14.4. The van der Waals surface area contributed by atoms with Gasteiger partial charge in [-0.1, -0.05) is 29.8 Å². The molecule has 0 aromatic heterocycles. The Bertz CT molecular complexity index is 710. The van der Waals surface area contributed by atoms with Gasteiger partial charge in [-0.15, -0.1) is 0 Å². The molecular weight excluding hydrogens is 318 g/mol. The number of hydrogen-bond acceptors (Lipinski definition) is 5. The van der Waals surface area contributed by atoms with Crippen LogP contribution in [0.25, 0.3) is 0 Å². The van der Waals surface area contributed by atoms with Crippen molar-refractivity contribution in [1.29, 1.82) is 0 Å². The summed E-state index contributed by atoms with van der Waals surface area (Å²) in [6.07, 6.45) is 0. The Morgan fingerprint density at radius 3 is 2.40 bits per heavy atom. The van der Waals surface area contributed by atoms with Crippen molar-refractivity contribution >= 4 is 11.4 Å². The molecule has 0 N–H and O–H groups in total. The Morgan fingerprint density at radius 2 is 1.72 bits per heavy atom. The predicted octanol–water partition coefficient (Wildman–Crippen LogP) is 3.10. The lowest BCUT2D eigenvalue weighted by atomic mass is 10.2. The first-order chi connectivity index (χ1) is 12.1. The molecule has 0 aliphatic carbocycles. The molecule has 0 radical (unpaired) electrons. The molecule has 2 aromatic rings. The largest absolute Gasteiger partial charge is 0.492 e. The molecule has 1 aliphatic heterocycles. The molecule has 1 heterocycles. The van der Waals surface area contributed by atoms with Crippen LogP contribution in [-0.2, 0) is 0 Å². The Morgan fingerprint density at radius 1 is 1.04 bits per heavy atom. The van der Waals surface area contributed by atoms with E-state index in [1.165, 1.54) is 5.56 Å². The van der Waals surface area contributed by atoms with Crippen LogP contribution in [0.1, 0.15) is 5.56 Å². The Kier molecular flexibility index (Phi) is 5.50. The van der Waals surface area contributed by atoms with Crippen molar-refractivity contribution in [1.82, 2.24) is 4.90 Å². The van der Waals surface area contributed by atoms with Crippen LogP contribution in [0.5, 0.6) is 5.75 Å². The van der Waals surface area contributed by atoms with E-state index < -0.39 is 0 Å². The van der Waals surface area contributed by atoms with Crippen molar-refractivity contribution in [2.24, 2.45) is 0 Å². The van der Waals surface area contributed by atoms with Gasteiger partial charge in [-0.3, -0.25) is 15.0 Å². The molecule has 3 rings (SSSR count). The van der Waals surface area contributed by atoms with Crippen molar-refractivity contribution in [3.05, 3.63) is 64.2 Å². The maximum absolute atomic E-state index is 11.2. The van der Waals surface area contributed by atoms with Gasteiger partial charge in [0, 0.05) is 38.8 Å². The average Bonchev–Trinajstić information content (AvgIpc) is 2.64. The first-order valence-electron chi connectivity index (χ1n) is 8.54. The molecule has 0 spiro atoms. The Balaban J connectivity index is 1.47. The van der Waals surface area contributed by atoms with Crippen molar-refractivity contribution in [2.75, 3.05) is 44.2 Å². The van der Waals surface area contributed by atoms with E-state index in [4.69, 9.17) is 4.74 Å². The third-order valence-corrected chi connectivity index (χ3v) is 4.49. The van der Waals surface area contributed by atoms with Crippen LogP contribution in [0.2, 0.25) is 0 Å². The second-order valence-electron chi connectivity index (χ2n) is 6.24. The number of nitrogens with zero attached hydrogens (tertiary/aromatic N) is 3. The van der Waals surface area contributed by atoms with Gasteiger partial charge in [0.25, 0.3) is 5.69 Å². The summed E-state index contributed by atoms with van der Waals surface area (Å²) in [7, 11) is 0. The zero-order valence-electron chi connectivity index (χ0n) is 14.4. The molecule has 1 aliphatic rings. The van der Waals surface area contributed by atoms with E-state index in [9.17, 15) is 10.1 Å². The van der Waals surface area contributed by atoms with Crippen LogP contribution in [0.4, 0.5) is 11.4 Å². The van der Waals surface area contributed by atoms with Gasteiger partial charge in [-0.2, -0.15) is 0 Å². The van der Waals surface area contributed by atoms with Gasteiger partial charge in [-0.05, 0) is 25.1 Å². The number of piperazine rings is 1. The van der Waals surface area contributed by atoms with E-state index in [-0.39, 0.29) is 10.6 Å². The summed E-state index contributed by atoms with van der Waals surface area (Å²) in [4.78, 5) is 15.3. The Hall–Kier alpha value is -2.60. The number of nitro groups is 1. The Labute approximate surface area is 147 Å². The second-order valence-corrected chi connectivity index (χ2v) is 6.24. The van der Waals surface area contributed by atoms with Crippen LogP contribution < -0.4 is 9.64 Å². The molecule has 0 bridgehead atoms. The summed E-state index contributed by atoms with van der Waals surface area (Å²) in [5.74, 6) is 0.893. The second kappa shape index (κ2) is 7.98. The number of rotatable bonds is 6. The van der Waals surface area contributed by atoms with Gasteiger partial charge in [0.15, 0.2) is 0 Å². The van der Waals surface area contributed by atoms with Crippen LogP contribution in [0, 0.1) is 17.0 Å². The van der Waals surface area contributed by atoms with Gasteiger partial charge in [0.1, 0.15) is 18.0 Å². The van der Waals surface area contributed by atoms with E-state index in [0.29, 0.717) is 12.3 Å². The maximum atomic E-state index is 11.2. The standard InChI is InChI=1S/C19H23N3O3/c1-16-6-8-17(9-7-16)25-15-14-20-10-12-21(13-11-20)18-4-2-3-5-19(18)22(23)24/h2-9H,10-15H2,1H3. The fourth-order valence-corrected chi connectivity index (χ4v) is 3.03. The van der Waals surface area contributed by atoms with E-state index in [0.717, 1.165) is 38.5 Å². The summed E-state index contributed by atoms with van der Waals surface area (Å²) in [6.45, 7) is 6.89. The van der Waals surface area contributed by atoms with Crippen molar-refractivity contribution in [2.45, 2.75) is 6.92 Å². The molecule has 1 saturated heterocycles. The van der Waals surface area contributed by atoms with Gasteiger partial charge < -0.3 is 9.64 Å². The molecule has 1 fully saturated rings. The highest BCUT2D eigenvalue weighted by Gasteiger charge is 2.22. The average molecular weight is 341 g/mol. The first kappa shape index (κ1) is 17.2. The molecule has 6 heteroatoms. The summed E-state index contributed by atoms with van der Waals surface area (Å²) < 4.78 is 5.78. The van der Waals surface area contributed by atoms with Crippen molar-refractivity contribution < 1.29 is 9.66 Å². The monoisotopic (exact) mass is 341 g/mol. The number of ether oxygens (including phenoxy) is 1. The highest BCUT2D eigenvalue weighted by molar-refractivity contribution is 5.63. The minimum Gasteiger partial charge on any atom is -0.492 e. The summed E-state index contributed by atoms with van der Waals surface area (Å²) >= 11 is 0. The SMILES string of the molecule is Cc1ccc(OCCN2CCN(c3ccccc3[N+](=O)[O-])CC2)cc1. The summed E-state index contributed by atoms with van der Waals surface area (Å²) in [5, 5.41) is 11.2. The van der Waals surface area contributed by atoms with Gasteiger partial charge >= 0.3 is 0 Å². The summed E-state index contributed by atoms with van der Waals surface area (Å²) in [6, 6.07) is 15.0. The van der Waals surface area contributed by atoms with Gasteiger partial charge in [0.2, 0.25) is 0 Å². The molecule has 2 aromatic carbocycles. The lowest BCUT2D eigenvalue weighted by Crippen LogP contribution is -2.47. The van der Waals surface area contributed by atoms with Crippen LogP contribution >= 0.6 is 0 Å². The van der Waals surface area contributed by atoms with Crippen molar-refractivity contribution in [3.63, 3.8) is 0 Å². The fourth-order valence-electron chi connectivity index (χ4n) is 3.03. The number of benzene rings is 2. The van der Waals surface area contributed by atoms with Crippen LogP contribution in [-0.4, -0.2) is 49.2 Å². The molecular formula is C19H23N3O3. The molecule has 0 unspecified atom stereocenters. The first-order valence-corrected chi connectivity index (χ1v) is 8.54. The molecule has 132 valence electrons. The minimum absolute atomic E-state index is 0.179. The van der Waals surface area contributed by atoms with Gasteiger partial charge in [0.05, 0.1) is 4.92 Å². The quantitative estimate of drug-likeness (QED) is 0.597. The topological polar surface area (TPSA) is 58.8 Å². The lowest BCUT2D eigenvalue weighted by molar-refractivity contribution is -0.384. The van der Waals surface area contributed by atoms with Gasteiger partial charge in [-0.25, -0.2) is 0 Å². The zero-order chi connectivity index (χ0) is 17.6. The number of nitro benzene ring substituents is 1. The fraction of sp³-hybridized carbons (Fsp3) is 0.368. The lowest BCUT2D eigenvalue weighted by Gasteiger charge is -2.35. The number of anilines is 1. The molecule has 0 saturated carbocycles. The summed E-state index contributed by atoms with van der Waals surface area (Å²) in [5.41, 5.74) is 2.11. The van der Waals surface area contributed by atoms with E-state index in [1.807, 2.05) is 36.4 Å². The van der Waals surface area contributed by atoms with E-state index in [1.54, 1.807) is 12.1 Å². The molecule has 25 heavy (non-hydrogen) atoms.